The van der Waals surface area contributed by atoms with Crippen LogP contribution in [0.4, 0.5) is 4.39 Å². The lowest BCUT2D eigenvalue weighted by Crippen LogP contribution is -2.35. The van der Waals surface area contributed by atoms with Crippen molar-refractivity contribution in [1.82, 2.24) is 4.90 Å². The highest BCUT2D eigenvalue weighted by molar-refractivity contribution is 5.33. The Morgan fingerprint density at radius 1 is 1.04 bits per heavy atom. The van der Waals surface area contributed by atoms with Gasteiger partial charge in [0.1, 0.15) is 11.6 Å². The molecule has 0 saturated heterocycles. The SMILES string of the molecule is COc1ccccc1CN(Cc1ccc(F)cc1)C[C@@H](O)COC(C)C. The van der Waals surface area contributed by atoms with Gasteiger partial charge in [0.2, 0.25) is 0 Å². The number of aliphatic hydroxyl groups excluding tert-OH is 1. The lowest BCUT2D eigenvalue weighted by atomic mass is 10.1. The molecule has 2 aromatic carbocycles. The number of nitrogens with zero attached hydrogens (tertiary/aromatic N) is 1. The molecule has 142 valence electrons. The van der Waals surface area contributed by atoms with Crippen molar-refractivity contribution in [2.24, 2.45) is 0 Å². The predicted octanol–water partition coefficient (Wildman–Crippen LogP) is 3.62. The van der Waals surface area contributed by atoms with Crippen LogP contribution in [0, 0.1) is 5.82 Å². The molecule has 0 bridgehead atoms. The summed E-state index contributed by atoms with van der Waals surface area (Å²) in [6, 6.07) is 14.3. The van der Waals surface area contributed by atoms with Gasteiger partial charge in [0.15, 0.2) is 0 Å². The van der Waals surface area contributed by atoms with Crippen molar-refractivity contribution in [3.05, 3.63) is 65.5 Å². The van der Waals surface area contributed by atoms with Crippen LogP contribution < -0.4 is 4.74 Å². The van der Waals surface area contributed by atoms with Gasteiger partial charge in [-0.15, -0.1) is 0 Å². The highest BCUT2D eigenvalue weighted by Gasteiger charge is 2.16. The van der Waals surface area contributed by atoms with Crippen molar-refractivity contribution < 1.29 is 19.0 Å². The van der Waals surface area contributed by atoms with Gasteiger partial charge < -0.3 is 14.6 Å². The van der Waals surface area contributed by atoms with Gasteiger partial charge in [-0.25, -0.2) is 4.39 Å². The zero-order valence-electron chi connectivity index (χ0n) is 15.7. The lowest BCUT2D eigenvalue weighted by Gasteiger charge is -2.26. The summed E-state index contributed by atoms with van der Waals surface area (Å²) in [5.41, 5.74) is 2.02. The van der Waals surface area contributed by atoms with Crippen LogP contribution in [0.1, 0.15) is 25.0 Å². The number of hydrogen-bond donors (Lipinski definition) is 1. The molecule has 0 radical (unpaired) electrons. The van der Waals surface area contributed by atoms with E-state index in [9.17, 15) is 9.50 Å². The van der Waals surface area contributed by atoms with E-state index in [0.717, 1.165) is 16.9 Å². The zero-order chi connectivity index (χ0) is 18.9. The Balaban J connectivity index is 2.10. The van der Waals surface area contributed by atoms with E-state index in [-0.39, 0.29) is 18.5 Å². The van der Waals surface area contributed by atoms with Crippen molar-refractivity contribution >= 4 is 0 Å². The van der Waals surface area contributed by atoms with Gasteiger partial charge in [-0.3, -0.25) is 4.90 Å². The van der Waals surface area contributed by atoms with Crippen molar-refractivity contribution in [2.45, 2.75) is 39.1 Å². The molecule has 26 heavy (non-hydrogen) atoms. The number of methoxy groups -OCH3 is 1. The minimum atomic E-state index is -0.604. The average molecular weight is 361 g/mol. The summed E-state index contributed by atoms with van der Waals surface area (Å²) in [7, 11) is 1.65. The predicted molar refractivity (Wildman–Crippen MR) is 101 cm³/mol. The molecule has 0 aliphatic rings. The Kier molecular flexibility index (Phi) is 8.04. The van der Waals surface area contributed by atoms with Crippen LogP contribution in [-0.4, -0.2) is 42.5 Å². The minimum Gasteiger partial charge on any atom is -0.496 e. The Morgan fingerprint density at radius 3 is 2.38 bits per heavy atom. The largest absolute Gasteiger partial charge is 0.496 e. The van der Waals surface area contributed by atoms with E-state index in [1.165, 1.54) is 12.1 Å². The van der Waals surface area contributed by atoms with E-state index < -0.39 is 6.10 Å². The summed E-state index contributed by atoms with van der Waals surface area (Å²) in [5, 5.41) is 10.3. The molecule has 1 N–H and O–H groups in total. The molecule has 1 atom stereocenters. The molecule has 0 aromatic heterocycles. The van der Waals surface area contributed by atoms with Gasteiger partial charge >= 0.3 is 0 Å². The fourth-order valence-electron chi connectivity index (χ4n) is 2.76. The van der Waals surface area contributed by atoms with Crippen LogP contribution in [0.25, 0.3) is 0 Å². The number of hydrogen-bond acceptors (Lipinski definition) is 4. The second kappa shape index (κ2) is 10.3. The highest BCUT2D eigenvalue weighted by Crippen LogP contribution is 2.20. The molecule has 0 amide bonds. The molecular formula is C21H28FNO3. The van der Waals surface area contributed by atoms with Crippen molar-refractivity contribution in [1.29, 1.82) is 0 Å². The van der Waals surface area contributed by atoms with Gasteiger partial charge in [0, 0.05) is 25.2 Å². The lowest BCUT2D eigenvalue weighted by molar-refractivity contribution is -0.0107. The first-order valence-corrected chi connectivity index (χ1v) is 8.86. The van der Waals surface area contributed by atoms with Gasteiger partial charge in [-0.1, -0.05) is 30.3 Å². The summed E-state index contributed by atoms with van der Waals surface area (Å²) < 4.78 is 24.1. The second-order valence-corrected chi connectivity index (χ2v) is 6.64. The standard InChI is InChI=1S/C21H28FNO3/c1-16(2)26-15-20(24)14-23(12-17-8-10-19(22)11-9-17)13-18-6-4-5-7-21(18)25-3/h4-11,16,20,24H,12-15H2,1-3H3/t20-/m1/s1. The minimum absolute atomic E-state index is 0.0735. The summed E-state index contributed by atoms with van der Waals surface area (Å²) in [4.78, 5) is 2.11. The van der Waals surface area contributed by atoms with Crippen LogP contribution in [0.3, 0.4) is 0 Å². The molecule has 2 aromatic rings. The number of rotatable bonds is 10. The van der Waals surface area contributed by atoms with Gasteiger partial charge in [0.05, 0.1) is 25.9 Å². The first kappa shape index (κ1) is 20.4. The van der Waals surface area contributed by atoms with E-state index in [1.54, 1.807) is 19.2 Å². The molecule has 2 rings (SSSR count). The Morgan fingerprint density at radius 2 is 1.73 bits per heavy atom. The summed E-state index contributed by atoms with van der Waals surface area (Å²) in [6.45, 7) is 5.82. The number of halogens is 1. The third kappa shape index (κ3) is 6.75. The maximum Gasteiger partial charge on any atom is 0.123 e. The third-order valence-electron chi connectivity index (χ3n) is 4.00. The number of ether oxygens (including phenoxy) is 2. The molecule has 0 saturated carbocycles. The second-order valence-electron chi connectivity index (χ2n) is 6.64. The first-order valence-electron chi connectivity index (χ1n) is 8.86. The summed E-state index contributed by atoms with van der Waals surface area (Å²) in [6.07, 6.45) is -0.531. The molecular weight excluding hydrogens is 333 g/mol. The quantitative estimate of drug-likeness (QED) is 0.702. The van der Waals surface area contributed by atoms with E-state index >= 15 is 0 Å². The van der Waals surface area contributed by atoms with E-state index in [0.29, 0.717) is 19.6 Å². The molecule has 0 heterocycles. The third-order valence-corrected chi connectivity index (χ3v) is 4.00. The fourth-order valence-corrected chi connectivity index (χ4v) is 2.76. The Hall–Kier alpha value is -1.95. The first-order chi connectivity index (χ1) is 12.5. The molecule has 0 aliphatic carbocycles. The number of para-hydroxylation sites is 1. The molecule has 0 spiro atoms. The molecule has 0 fully saturated rings. The van der Waals surface area contributed by atoms with Crippen molar-refractivity contribution in [2.75, 3.05) is 20.3 Å². The average Bonchev–Trinajstić information content (AvgIpc) is 2.62. The topological polar surface area (TPSA) is 41.9 Å². The molecule has 0 aliphatic heterocycles. The normalized spacial score (nSPS) is 12.6. The van der Waals surface area contributed by atoms with E-state index in [1.807, 2.05) is 38.1 Å². The fraction of sp³-hybridized carbons (Fsp3) is 0.429. The monoisotopic (exact) mass is 361 g/mol. The maximum absolute atomic E-state index is 13.2. The molecule has 0 unspecified atom stereocenters. The number of aliphatic hydroxyl groups is 1. The van der Waals surface area contributed by atoms with Crippen LogP contribution in [0.15, 0.2) is 48.5 Å². The van der Waals surface area contributed by atoms with Crippen LogP contribution in [0.5, 0.6) is 5.75 Å². The highest BCUT2D eigenvalue weighted by atomic mass is 19.1. The van der Waals surface area contributed by atoms with Crippen molar-refractivity contribution in [3.8, 4) is 5.75 Å². The van der Waals surface area contributed by atoms with Crippen LogP contribution in [-0.2, 0) is 17.8 Å². The summed E-state index contributed by atoms with van der Waals surface area (Å²) >= 11 is 0. The number of benzene rings is 2. The van der Waals surface area contributed by atoms with Crippen molar-refractivity contribution in [3.63, 3.8) is 0 Å². The Bertz CT molecular complexity index is 661. The zero-order valence-corrected chi connectivity index (χ0v) is 15.7. The van der Waals surface area contributed by atoms with Gasteiger partial charge in [-0.2, -0.15) is 0 Å². The van der Waals surface area contributed by atoms with E-state index in [4.69, 9.17) is 9.47 Å². The van der Waals surface area contributed by atoms with E-state index in [2.05, 4.69) is 4.90 Å². The van der Waals surface area contributed by atoms with Crippen LogP contribution in [0.2, 0.25) is 0 Å². The van der Waals surface area contributed by atoms with Crippen LogP contribution >= 0.6 is 0 Å². The van der Waals surface area contributed by atoms with Gasteiger partial charge in [0.25, 0.3) is 0 Å². The molecule has 4 nitrogen and oxygen atoms in total. The summed E-state index contributed by atoms with van der Waals surface area (Å²) in [5.74, 6) is 0.555. The maximum atomic E-state index is 13.2. The smallest absolute Gasteiger partial charge is 0.123 e. The van der Waals surface area contributed by atoms with Gasteiger partial charge in [-0.05, 0) is 37.6 Å². The molecule has 5 heteroatoms. The Labute approximate surface area is 155 Å².